The number of likely N-dealkylation sites (N-methyl/N-ethyl adjacent to an activating group) is 1. The third-order valence-electron chi connectivity index (χ3n) is 2.84. The average Bonchev–Trinajstić information content (AvgIpc) is 2.34. The van der Waals surface area contributed by atoms with Crippen LogP contribution in [0, 0.1) is 0 Å². The number of aromatic carboxylic acids is 1. The van der Waals surface area contributed by atoms with Gasteiger partial charge in [-0.25, -0.2) is 9.59 Å². The highest BCUT2D eigenvalue weighted by molar-refractivity contribution is 9.10. The van der Waals surface area contributed by atoms with Crippen molar-refractivity contribution in [2.75, 3.05) is 26.0 Å². The minimum atomic E-state index is -1.05. The number of anilines is 1. The Morgan fingerprint density at radius 2 is 2.00 bits per heavy atom. The Morgan fingerprint density at radius 3 is 2.55 bits per heavy atom. The van der Waals surface area contributed by atoms with E-state index >= 15 is 0 Å². The van der Waals surface area contributed by atoms with Crippen LogP contribution >= 0.6 is 15.9 Å². The van der Waals surface area contributed by atoms with E-state index in [1.165, 1.54) is 12.1 Å². The molecule has 0 heterocycles. The van der Waals surface area contributed by atoms with Gasteiger partial charge in [-0.2, -0.15) is 0 Å². The van der Waals surface area contributed by atoms with Gasteiger partial charge in [0.2, 0.25) is 0 Å². The van der Waals surface area contributed by atoms with E-state index in [9.17, 15) is 9.59 Å². The molecular weight excluding hydrogens is 326 g/mol. The summed E-state index contributed by atoms with van der Waals surface area (Å²) >= 11 is 3.21. The van der Waals surface area contributed by atoms with Gasteiger partial charge in [-0.05, 0) is 39.2 Å². The van der Waals surface area contributed by atoms with Crippen molar-refractivity contribution in [1.82, 2.24) is 10.2 Å². The van der Waals surface area contributed by atoms with Crippen LogP contribution in [0.5, 0.6) is 0 Å². The Labute approximate surface area is 126 Å². The van der Waals surface area contributed by atoms with Crippen LogP contribution in [0.2, 0.25) is 0 Å². The van der Waals surface area contributed by atoms with Crippen molar-refractivity contribution in [2.45, 2.75) is 13.0 Å². The number of carboxylic acid groups (broad SMARTS) is 1. The normalized spacial score (nSPS) is 12.1. The van der Waals surface area contributed by atoms with E-state index < -0.39 is 5.97 Å². The number of nitrogens with zero attached hydrogens (tertiary/aromatic N) is 1. The van der Waals surface area contributed by atoms with E-state index in [1.807, 2.05) is 25.9 Å². The zero-order chi connectivity index (χ0) is 15.3. The Bertz CT molecular complexity index is 506. The zero-order valence-corrected chi connectivity index (χ0v) is 13.2. The molecule has 0 spiro atoms. The highest BCUT2D eigenvalue weighted by Crippen LogP contribution is 2.19. The molecule has 1 unspecified atom stereocenters. The number of carbonyl (C=O) groups excluding carboxylic acids is 1. The fraction of sp³-hybridized carbons (Fsp3) is 0.385. The van der Waals surface area contributed by atoms with Gasteiger partial charge < -0.3 is 20.6 Å². The summed E-state index contributed by atoms with van der Waals surface area (Å²) in [5.41, 5.74) is 0.531. The summed E-state index contributed by atoms with van der Waals surface area (Å²) in [4.78, 5) is 24.6. The van der Waals surface area contributed by atoms with Crippen molar-refractivity contribution < 1.29 is 14.7 Å². The predicted octanol–water partition coefficient (Wildman–Crippen LogP) is 2.22. The van der Waals surface area contributed by atoms with Crippen LogP contribution in [0.15, 0.2) is 22.7 Å². The number of halogens is 1. The first-order valence-corrected chi connectivity index (χ1v) is 6.84. The lowest BCUT2D eigenvalue weighted by molar-refractivity contribution is 0.0697. The largest absolute Gasteiger partial charge is 0.478 e. The maximum absolute atomic E-state index is 11.7. The van der Waals surface area contributed by atoms with Crippen LogP contribution in [-0.4, -0.2) is 48.7 Å². The molecule has 6 nitrogen and oxygen atoms in total. The second-order valence-electron chi connectivity index (χ2n) is 4.68. The van der Waals surface area contributed by atoms with E-state index in [2.05, 4.69) is 26.6 Å². The van der Waals surface area contributed by atoms with Crippen LogP contribution in [0.4, 0.5) is 10.5 Å². The second-order valence-corrected chi connectivity index (χ2v) is 5.60. The van der Waals surface area contributed by atoms with Gasteiger partial charge in [0, 0.05) is 22.7 Å². The number of carboxylic acids is 1. The molecule has 0 radical (unpaired) electrons. The van der Waals surface area contributed by atoms with Gasteiger partial charge in [0.05, 0.1) is 5.56 Å². The molecule has 0 saturated heterocycles. The first-order valence-electron chi connectivity index (χ1n) is 6.04. The summed E-state index contributed by atoms with van der Waals surface area (Å²) in [6.45, 7) is 2.49. The molecule has 0 bridgehead atoms. The smallest absolute Gasteiger partial charge is 0.335 e. The maximum Gasteiger partial charge on any atom is 0.335 e. The third-order valence-corrected chi connectivity index (χ3v) is 3.30. The molecule has 0 saturated carbocycles. The number of nitrogens with one attached hydrogen (secondary N) is 2. The average molecular weight is 344 g/mol. The lowest BCUT2D eigenvalue weighted by Gasteiger charge is -2.20. The topological polar surface area (TPSA) is 81.7 Å². The van der Waals surface area contributed by atoms with Gasteiger partial charge in [0.25, 0.3) is 0 Å². The molecular formula is C13H18BrN3O3. The lowest BCUT2D eigenvalue weighted by atomic mass is 10.2. The number of hydrogen-bond donors (Lipinski definition) is 3. The van der Waals surface area contributed by atoms with Crippen molar-refractivity contribution >= 4 is 33.6 Å². The Hall–Kier alpha value is -1.60. The van der Waals surface area contributed by atoms with E-state index in [0.29, 0.717) is 16.7 Å². The van der Waals surface area contributed by atoms with Crippen molar-refractivity contribution in [3.63, 3.8) is 0 Å². The number of rotatable bonds is 5. The highest BCUT2D eigenvalue weighted by atomic mass is 79.9. The molecule has 0 aromatic heterocycles. The summed E-state index contributed by atoms with van der Waals surface area (Å²) < 4.78 is 0.592. The first kappa shape index (κ1) is 16.5. The molecule has 1 aromatic carbocycles. The molecule has 0 aliphatic rings. The molecule has 2 amide bonds. The summed E-state index contributed by atoms with van der Waals surface area (Å²) in [7, 11) is 3.86. The van der Waals surface area contributed by atoms with Crippen LogP contribution in [-0.2, 0) is 0 Å². The molecule has 3 N–H and O–H groups in total. The van der Waals surface area contributed by atoms with Gasteiger partial charge in [0.1, 0.15) is 0 Å². The molecule has 1 aromatic rings. The molecule has 1 atom stereocenters. The van der Waals surface area contributed by atoms with Crippen molar-refractivity contribution in [1.29, 1.82) is 0 Å². The van der Waals surface area contributed by atoms with E-state index in [1.54, 1.807) is 6.07 Å². The molecule has 7 heteroatoms. The third kappa shape index (κ3) is 5.18. The second kappa shape index (κ2) is 7.25. The summed E-state index contributed by atoms with van der Waals surface area (Å²) in [6, 6.07) is 4.36. The monoisotopic (exact) mass is 343 g/mol. The van der Waals surface area contributed by atoms with Crippen LogP contribution in [0.1, 0.15) is 17.3 Å². The first-order chi connectivity index (χ1) is 9.29. The van der Waals surface area contributed by atoms with Gasteiger partial charge >= 0.3 is 12.0 Å². The van der Waals surface area contributed by atoms with Crippen molar-refractivity contribution in [3.05, 3.63) is 28.2 Å². The Morgan fingerprint density at radius 1 is 1.35 bits per heavy atom. The SMILES string of the molecule is CC(CNC(=O)Nc1cc(Br)cc(C(=O)O)c1)N(C)C. The number of carbonyl (C=O) groups is 2. The summed E-state index contributed by atoms with van der Waals surface area (Å²) in [5.74, 6) is -1.05. The van der Waals surface area contributed by atoms with Gasteiger partial charge in [-0.1, -0.05) is 15.9 Å². The van der Waals surface area contributed by atoms with Crippen LogP contribution in [0.25, 0.3) is 0 Å². The fourth-order valence-corrected chi connectivity index (χ4v) is 1.88. The molecule has 0 aliphatic heterocycles. The number of urea groups is 1. The number of hydrogen-bond acceptors (Lipinski definition) is 3. The van der Waals surface area contributed by atoms with Gasteiger partial charge in [0.15, 0.2) is 0 Å². The Balaban J connectivity index is 2.64. The fourth-order valence-electron chi connectivity index (χ4n) is 1.38. The molecule has 20 heavy (non-hydrogen) atoms. The van der Waals surface area contributed by atoms with Crippen molar-refractivity contribution in [2.24, 2.45) is 0 Å². The highest BCUT2D eigenvalue weighted by Gasteiger charge is 2.10. The van der Waals surface area contributed by atoms with E-state index in [-0.39, 0.29) is 17.6 Å². The minimum absolute atomic E-state index is 0.108. The quantitative estimate of drug-likeness (QED) is 0.765. The van der Waals surface area contributed by atoms with E-state index in [4.69, 9.17) is 5.11 Å². The van der Waals surface area contributed by atoms with Gasteiger partial charge in [-0.15, -0.1) is 0 Å². The number of benzene rings is 1. The number of amides is 2. The van der Waals surface area contributed by atoms with Gasteiger partial charge in [-0.3, -0.25) is 0 Å². The summed E-state index contributed by atoms with van der Waals surface area (Å²) in [5, 5.41) is 14.3. The molecule has 0 fully saturated rings. The maximum atomic E-state index is 11.7. The molecule has 0 aliphatic carbocycles. The van der Waals surface area contributed by atoms with Crippen molar-refractivity contribution in [3.8, 4) is 0 Å². The lowest BCUT2D eigenvalue weighted by Crippen LogP contribution is -2.40. The molecule has 110 valence electrons. The minimum Gasteiger partial charge on any atom is -0.478 e. The van der Waals surface area contributed by atoms with Crippen LogP contribution < -0.4 is 10.6 Å². The van der Waals surface area contributed by atoms with E-state index in [0.717, 1.165) is 0 Å². The van der Waals surface area contributed by atoms with Crippen LogP contribution in [0.3, 0.4) is 0 Å². The summed E-state index contributed by atoms with van der Waals surface area (Å²) in [6.07, 6.45) is 0. The molecule has 1 rings (SSSR count). The zero-order valence-electron chi connectivity index (χ0n) is 11.6. The standard InChI is InChI=1S/C13H18BrN3O3/c1-8(17(2)3)7-15-13(20)16-11-5-9(12(18)19)4-10(14)6-11/h4-6,8H,7H2,1-3H3,(H,18,19)(H2,15,16,20). The Kier molecular flexibility index (Phi) is 5.97. The predicted molar refractivity (Wildman–Crippen MR) is 81.3 cm³/mol.